The molecule has 0 saturated carbocycles. The van der Waals surface area contributed by atoms with Crippen molar-refractivity contribution in [3.8, 4) is 12.3 Å². The smallest absolute Gasteiger partial charge is 0.252 e. The number of fused-ring (bicyclic) bond motifs is 1. The summed E-state index contributed by atoms with van der Waals surface area (Å²) in [5, 5.41) is 3.70. The lowest BCUT2D eigenvalue weighted by atomic mass is 10.1. The fourth-order valence-electron chi connectivity index (χ4n) is 1.42. The van der Waals surface area contributed by atoms with Crippen molar-refractivity contribution in [1.82, 2.24) is 10.3 Å². The monoisotopic (exact) mass is 198 g/mol. The van der Waals surface area contributed by atoms with Crippen LogP contribution in [0.1, 0.15) is 10.4 Å². The number of carbonyl (C=O) groups is 1. The molecular weight excluding hydrogens is 188 g/mol. The van der Waals surface area contributed by atoms with Gasteiger partial charge in [0, 0.05) is 17.3 Å². The Morgan fingerprint density at radius 3 is 3.13 bits per heavy atom. The molecule has 1 aromatic heterocycles. The highest BCUT2D eigenvalue weighted by Crippen LogP contribution is 2.13. The average Bonchev–Trinajstić information content (AvgIpc) is 2.72. The summed E-state index contributed by atoms with van der Waals surface area (Å²) in [5.41, 5.74) is 1.56. The van der Waals surface area contributed by atoms with E-state index >= 15 is 0 Å². The summed E-state index contributed by atoms with van der Waals surface area (Å²) < 4.78 is 0. The van der Waals surface area contributed by atoms with Crippen LogP contribution in [0.2, 0.25) is 0 Å². The third kappa shape index (κ3) is 1.84. The van der Waals surface area contributed by atoms with E-state index in [4.69, 9.17) is 6.42 Å². The fraction of sp³-hybridized carbons (Fsp3) is 0.0833. The summed E-state index contributed by atoms with van der Waals surface area (Å²) in [6.07, 6.45) is 6.90. The summed E-state index contributed by atoms with van der Waals surface area (Å²) >= 11 is 0. The second kappa shape index (κ2) is 3.89. The number of terminal acetylenes is 1. The maximum Gasteiger partial charge on any atom is 0.252 e. The van der Waals surface area contributed by atoms with Crippen LogP contribution in [-0.2, 0) is 0 Å². The molecular formula is C12H10N2O. The number of carbonyl (C=O) groups excluding carboxylic acids is 1. The Balaban J connectivity index is 2.28. The highest BCUT2D eigenvalue weighted by atomic mass is 16.1. The number of hydrogen-bond acceptors (Lipinski definition) is 1. The summed E-state index contributed by atoms with van der Waals surface area (Å²) in [5.74, 6) is 2.21. The average molecular weight is 198 g/mol. The molecule has 3 nitrogen and oxygen atoms in total. The molecule has 2 aromatic rings. The van der Waals surface area contributed by atoms with E-state index in [1.165, 1.54) is 0 Å². The van der Waals surface area contributed by atoms with Gasteiger partial charge in [-0.15, -0.1) is 6.42 Å². The maximum absolute atomic E-state index is 11.5. The zero-order valence-corrected chi connectivity index (χ0v) is 8.08. The van der Waals surface area contributed by atoms with Crippen molar-refractivity contribution >= 4 is 16.8 Å². The van der Waals surface area contributed by atoms with Crippen molar-refractivity contribution in [1.29, 1.82) is 0 Å². The highest BCUT2D eigenvalue weighted by Gasteiger charge is 2.04. The van der Waals surface area contributed by atoms with E-state index in [0.29, 0.717) is 5.56 Å². The van der Waals surface area contributed by atoms with Gasteiger partial charge < -0.3 is 10.3 Å². The minimum atomic E-state index is -0.149. The van der Waals surface area contributed by atoms with Gasteiger partial charge in [-0.05, 0) is 23.6 Å². The Labute approximate surface area is 87.5 Å². The number of H-pyrrole nitrogens is 1. The van der Waals surface area contributed by atoms with E-state index in [0.717, 1.165) is 10.9 Å². The maximum atomic E-state index is 11.5. The van der Waals surface area contributed by atoms with Gasteiger partial charge in [-0.25, -0.2) is 0 Å². The molecule has 0 fully saturated rings. The van der Waals surface area contributed by atoms with Crippen LogP contribution in [0, 0.1) is 12.3 Å². The second-order valence-electron chi connectivity index (χ2n) is 3.17. The van der Waals surface area contributed by atoms with Gasteiger partial charge in [0.2, 0.25) is 0 Å². The standard InChI is InChI=1S/C12H10N2O/c1-2-6-14-12(15)10-4-3-9-5-7-13-11(9)8-10/h1,3-5,7-8,13H,6H2,(H,14,15). The van der Waals surface area contributed by atoms with Crippen molar-refractivity contribution in [2.24, 2.45) is 0 Å². The minimum Gasteiger partial charge on any atom is -0.361 e. The molecule has 1 amide bonds. The first-order valence-electron chi connectivity index (χ1n) is 4.60. The molecule has 2 rings (SSSR count). The first-order chi connectivity index (χ1) is 7.31. The van der Waals surface area contributed by atoms with E-state index in [9.17, 15) is 4.79 Å². The topological polar surface area (TPSA) is 44.9 Å². The number of nitrogens with one attached hydrogen (secondary N) is 2. The second-order valence-corrected chi connectivity index (χ2v) is 3.17. The van der Waals surface area contributed by atoms with E-state index in [-0.39, 0.29) is 12.5 Å². The Bertz CT molecular complexity index is 534. The third-order valence-electron chi connectivity index (χ3n) is 2.17. The molecule has 3 heteroatoms. The van der Waals surface area contributed by atoms with Crippen LogP contribution in [0.3, 0.4) is 0 Å². The van der Waals surface area contributed by atoms with Crippen LogP contribution in [0.4, 0.5) is 0 Å². The van der Waals surface area contributed by atoms with Gasteiger partial charge in [-0.1, -0.05) is 12.0 Å². The first kappa shape index (κ1) is 9.35. The van der Waals surface area contributed by atoms with Gasteiger partial charge in [-0.3, -0.25) is 4.79 Å². The molecule has 0 aliphatic carbocycles. The fourth-order valence-corrected chi connectivity index (χ4v) is 1.42. The van der Waals surface area contributed by atoms with Crippen LogP contribution < -0.4 is 5.32 Å². The van der Waals surface area contributed by atoms with Gasteiger partial charge in [0.25, 0.3) is 5.91 Å². The predicted octanol–water partition coefficient (Wildman–Crippen LogP) is 1.53. The summed E-state index contributed by atoms with van der Waals surface area (Å²) in [6, 6.07) is 7.44. The quantitative estimate of drug-likeness (QED) is 0.706. The zero-order valence-electron chi connectivity index (χ0n) is 8.08. The molecule has 0 atom stereocenters. The SMILES string of the molecule is C#CCNC(=O)c1ccc2cc[nH]c2c1. The van der Waals surface area contributed by atoms with E-state index in [1.54, 1.807) is 12.1 Å². The molecule has 0 aliphatic heterocycles. The number of amides is 1. The van der Waals surface area contributed by atoms with Crippen molar-refractivity contribution in [2.75, 3.05) is 6.54 Å². The van der Waals surface area contributed by atoms with Crippen molar-refractivity contribution in [2.45, 2.75) is 0 Å². The lowest BCUT2D eigenvalue weighted by Crippen LogP contribution is -2.23. The van der Waals surface area contributed by atoms with Crippen LogP contribution in [-0.4, -0.2) is 17.4 Å². The van der Waals surface area contributed by atoms with Gasteiger partial charge >= 0.3 is 0 Å². The molecule has 0 radical (unpaired) electrons. The molecule has 74 valence electrons. The molecule has 0 unspecified atom stereocenters. The molecule has 1 heterocycles. The lowest BCUT2D eigenvalue weighted by Gasteiger charge is -2.01. The van der Waals surface area contributed by atoms with Gasteiger partial charge in [0.1, 0.15) is 0 Å². The molecule has 0 saturated heterocycles. The zero-order chi connectivity index (χ0) is 10.7. The van der Waals surface area contributed by atoms with Crippen molar-refractivity contribution in [3.63, 3.8) is 0 Å². The molecule has 0 aliphatic rings. The Morgan fingerprint density at radius 2 is 2.33 bits per heavy atom. The number of aromatic nitrogens is 1. The molecule has 2 N–H and O–H groups in total. The first-order valence-corrected chi connectivity index (χ1v) is 4.60. The molecule has 0 bridgehead atoms. The summed E-state index contributed by atoms with van der Waals surface area (Å²) in [4.78, 5) is 14.6. The van der Waals surface area contributed by atoms with E-state index in [2.05, 4.69) is 16.2 Å². The molecule has 15 heavy (non-hydrogen) atoms. The van der Waals surface area contributed by atoms with Gasteiger partial charge in [0.15, 0.2) is 0 Å². The predicted molar refractivity (Wildman–Crippen MR) is 59.5 cm³/mol. The third-order valence-corrected chi connectivity index (χ3v) is 2.17. The van der Waals surface area contributed by atoms with Crippen LogP contribution in [0.25, 0.3) is 10.9 Å². The Hall–Kier alpha value is -2.21. The number of hydrogen-bond donors (Lipinski definition) is 2. The van der Waals surface area contributed by atoms with Gasteiger partial charge in [0.05, 0.1) is 6.54 Å². The Kier molecular flexibility index (Phi) is 2.42. The largest absolute Gasteiger partial charge is 0.361 e. The molecule has 1 aromatic carbocycles. The van der Waals surface area contributed by atoms with Crippen molar-refractivity contribution < 1.29 is 4.79 Å². The lowest BCUT2D eigenvalue weighted by molar-refractivity contribution is 0.0959. The number of aromatic amines is 1. The van der Waals surface area contributed by atoms with Crippen LogP contribution >= 0.6 is 0 Å². The summed E-state index contributed by atoms with van der Waals surface area (Å²) in [6.45, 7) is 0.252. The normalized spacial score (nSPS) is 9.80. The van der Waals surface area contributed by atoms with Crippen LogP contribution in [0.5, 0.6) is 0 Å². The summed E-state index contributed by atoms with van der Waals surface area (Å²) in [7, 11) is 0. The van der Waals surface area contributed by atoms with E-state index in [1.807, 2.05) is 18.3 Å². The highest BCUT2D eigenvalue weighted by molar-refractivity contribution is 5.97. The van der Waals surface area contributed by atoms with E-state index < -0.39 is 0 Å². The van der Waals surface area contributed by atoms with Crippen molar-refractivity contribution in [3.05, 3.63) is 36.0 Å². The Morgan fingerprint density at radius 1 is 1.47 bits per heavy atom. The minimum absolute atomic E-state index is 0.149. The van der Waals surface area contributed by atoms with Crippen LogP contribution in [0.15, 0.2) is 30.5 Å². The molecule has 0 spiro atoms. The number of rotatable bonds is 2. The number of benzene rings is 1. The van der Waals surface area contributed by atoms with Gasteiger partial charge in [-0.2, -0.15) is 0 Å².